The number of nitrogens with one attached hydrogen (secondary N) is 1. The van der Waals surface area contributed by atoms with Gasteiger partial charge < -0.3 is 5.32 Å². The van der Waals surface area contributed by atoms with Crippen molar-refractivity contribution in [1.82, 2.24) is 5.32 Å². The maximum Gasteiger partial charge on any atom is 0.223 e. The Labute approximate surface area is 99.0 Å². The van der Waals surface area contributed by atoms with Crippen molar-refractivity contribution in [1.29, 1.82) is 0 Å². The first-order valence-corrected chi connectivity index (χ1v) is 6.38. The number of hydrogen-bond acceptors (Lipinski definition) is 2. The van der Waals surface area contributed by atoms with Crippen LogP contribution < -0.4 is 5.32 Å². The minimum absolute atomic E-state index is 0.0144. The lowest BCUT2D eigenvalue weighted by molar-refractivity contribution is -0.129. The second kappa shape index (κ2) is 9.37. The summed E-state index contributed by atoms with van der Waals surface area (Å²) < 4.78 is 0. The van der Waals surface area contributed by atoms with Crippen molar-refractivity contribution in [2.45, 2.75) is 58.8 Å². The summed E-state index contributed by atoms with van der Waals surface area (Å²) in [6.45, 7) is 4.13. The predicted molar refractivity (Wildman–Crippen MR) is 66.2 cm³/mol. The highest BCUT2D eigenvalue weighted by atomic mass is 16.2. The fourth-order valence-electron chi connectivity index (χ4n) is 1.83. The summed E-state index contributed by atoms with van der Waals surface area (Å²) in [5.41, 5.74) is 0. The molecule has 94 valence electrons. The van der Waals surface area contributed by atoms with Crippen molar-refractivity contribution in [2.75, 3.05) is 7.05 Å². The van der Waals surface area contributed by atoms with Gasteiger partial charge in [0.05, 0.1) is 0 Å². The standard InChI is InChI=1S/C13H25NO2/c1-4-6-7-9-11(13(16)14-3)10-12(15)8-5-2/h11H,4-10H2,1-3H3,(H,14,16)/t11-/m1/s1. The van der Waals surface area contributed by atoms with Crippen molar-refractivity contribution < 1.29 is 9.59 Å². The molecule has 0 saturated heterocycles. The molecular weight excluding hydrogens is 202 g/mol. The van der Waals surface area contributed by atoms with Gasteiger partial charge in [-0.05, 0) is 12.8 Å². The first-order valence-electron chi connectivity index (χ1n) is 6.38. The van der Waals surface area contributed by atoms with Crippen LogP contribution in [-0.2, 0) is 9.59 Å². The van der Waals surface area contributed by atoms with Crippen LogP contribution in [0.2, 0.25) is 0 Å². The number of Topliss-reactive ketones (excluding diaryl/α,β-unsaturated/α-hetero) is 1. The molecule has 0 bridgehead atoms. The van der Waals surface area contributed by atoms with Gasteiger partial charge in [0.15, 0.2) is 0 Å². The summed E-state index contributed by atoms with van der Waals surface area (Å²) in [6, 6.07) is 0. The SMILES string of the molecule is CCCCC[C@H](CC(=O)CCC)C(=O)NC. The van der Waals surface area contributed by atoms with Gasteiger partial charge in [0.25, 0.3) is 0 Å². The number of carbonyl (C=O) groups excluding carboxylic acids is 2. The van der Waals surface area contributed by atoms with Gasteiger partial charge in [0.1, 0.15) is 5.78 Å². The third kappa shape index (κ3) is 6.59. The molecule has 1 atom stereocenters. The molecule has 0 aliphatic heterocycles. The topological polar surface area (TPSA) is 46.2 Å². The Morgan fingerprint density at radius 2 is 1.81 bits per heavy atom. The van der Waals surface area contributed by atoms with E-state index in [4.69, 9.17) is 0 Å². The van der Waals surface area contributed by atoms with Gasteiger partial charge in [-0.3, -0.25) is 9.59 Å². The van der Waals surface area contributed by atoms with Crippen molar-refractivity contribution in [3.05, 3.63) is 0 Å². The molecular formula is C13H25NO2. The highest BCUT2D eigenvalue weighted by molar-refractivity contribution is 5.86. The summed E-state index contributed by atoms with van der Waals surface area (Å²) in [5.74, 6) is 0.115. The number of carbonyl (C=O) groups is 2. The van der Waals surface area contributed by atoms with E-state index < -0.39 is 0 Å². The molecule has 16 heavy (non-hydrogen) atoms. The zero-order valence-electron chi connectivity index (χ0n) is 10.8. The van der Waals surface area contributed by atoms with Gasteiger partial charge in [-0.1, -0.05) is 33.1 Å². The molecule has 0 fully saturated rings. The van der Waals surface area contributed by atoms with E-state index in [1.165, 1.54) is 0 Å². The Kier molecular flexibility index (Phi) is 8.87. The Balaban J connectivity index is 4.09. The summed E-state index contributed by atoms with van der Waals surface area (Å²) >= 11 is 0. The van der Waals surface area contributed by atoms with Crippen LogP contribution in [-0.4, -0.2) is 18.7 Å². The molecule has 0 aliphatic carbocycles. The fraction of sp³-hybridized carbons (Fsp3) is 0.846. The van der Waals surface area contributed by atoms with E-state index in [2.05, 4.69) is 12.2 Å². The number of unbranched alkanes of at least 4 members (excludes halogenated alkanes) is 2. The van der Waals surface area contributed by atoms with Crippen molar-refractivity contribution in [2.24, 2.45) is 5.92 Å². The van der Waals surface area contributed by atoms with E-state index in [1.54, 1.807) is 7.05 Å². The summed E-state index contributed by atoms with van der Waals surface area (Å²) in [7, 11) is 1.64. The average Bonchev–Trinajstić information content (AvgIpc) is 2.27. The third-order valence-corrected chi connectivity index (χ3v) is 2.78. The molecule has 0 aromatic carbocycles. The van der Waals surface area contributed by atoms with Gasteiger partial charge in [0.2, 0.25) is 5.91 Å². The van der Waals surface area contributed by atoms with Crippen LogP contribution in [0.5, 0.6) is 0 Å². The molecule has 0 unspecified atom stereocenters. The molecule has 0 saturated carbocycles. The van der Waals surface area contributed by atoms with Gasteiger partial charge >= 0.3 is 0 Å². The zero-order valence-corrected chi connectivity index (χ0v) is 10.8. The molecule has 0 aromatic rings. The lowest BCUT2D eigenvalue weighted by Gasteiger charge is -2.14. The maximum atomic E-state index is 11.6. The first kappa shape index (κ1) is 15.1. The largest absolute Gasteiger partial charge is 0.359 e. The monoisotopic (exact) mass is 227 g/mol. The summed E-state index contributed by atoms with van der Waals surface area (Å²) in [4.78, 5) is 23.1. The van der Waals surface area contributed by atoms with Crippen LogP contribution in [0, 0.1) is 5.92 Å². The van der Waals surface area contributed by atoms with E-state index in [-0.39, 0.29) is 17.6 Å². The number of rotatable bonds is 9. The Morgan fingerprint density at radius 3 is 2.31 bits per heavy atom. The number of hydrogen-bond donors (Lipinski definition) is 1. The average molecular weight is 227 g/mol. The summed E-state index contributed by atoms with van der Waals surface area (Å²) in [5, 5.41) is 2.65. The van der Waals surface area contributed by atoms with Gasteiger partial charge in [-0.2, -0.15) is 0 Å². The van der Waals surface area contributed by atoms with Crippen molar-refractivity contribution in [3.63, 3.8) is 0 Å². The molecule has 1 amide bonds. The molecule has 3 nitrogen and oxygen atoms in total. The smallest absolute Gasteiger partial charge is 0.223 e. The van der Waals surface area contributed by atoms with Gasteiger partial charge in [0, 0.05) is 25.8 Å². The van der Waals surface area contributed by atoms with Crippen molar-refractivity contribution >= 4 is 11.7 Å². The predicted octanol–water partition coefficient (Wildman–Crippen LogP) is 2.69. The number of amides is 1. The van der Waals surface area contributed by atoms with Crippen molar-refractivity contribution in [3.8, 4) is 0 Å². The molecule has 0 radical (unpaired) electrons. The Bertz CT molecular complexity index is 214. The molecule has 0 heterocycles. The third-order valence-electron chi connectivity index (χ3n) is 2.78. The maximum absolute atomic E-state index is 11.6. The van der Waals surface area contributed by atoms with Crippen LogP contribution in [0.15, 0.2) is 0 Å². The summed E-state index contributed by atoms with van der Waals surface area (Å²) in [6.07, 6.45) is 6.03. The van der Waals surface area contributed by atoms with E-state index in [0.717, 1.165) is 32.1 Å². The van der Waals surface area contributed by atoms with E-state index in [9.17, 15) is 9.59 Å². The minimum atomic E-state index is -0.115. The molecule has 0 aliphatic rings. The zero-order chi connectivity index (χ0) is 12.4. The fourth-order valence-corrected chi connectivity index (χ4v) is 1.83. The Morgan fingerprint density at radius 1 is 1.12 bits per heavy atom. The molecule has 1 N–H and O–H groups in total. The van der Waals surface area contributed by atoms with Crippen LogP contribution in [0.3, 0.4) is 0 Å². The van der Waals surface area contributed by atoms with Crippen LogP contribution in [0.4, 0.5) is 0 Å². The second-order valence-electron chi connectivity index (χ2n) is 4.30. The molecule has 3 heteroatoms. The van der Waals surface area contributed by atoms with Crippen LogP contribution >= 0.6 is 0 Å². The molecule has 0 aromatic heterocycles. The molecule has 0 spiro atoms. The normalized spacial score (nSPS) is 12.2. The minimum Gasteiger partial charge on any atom is -0.359 e. The van der Waals surface area contributed by atoms with Gasteiger partial charge in [-0.15, -0.1) is 0 Å². The quantitative estimate of drug-likeness (QED) is 0.616. The first-order chi connectivity index (χ1) is 7.65. The van der Waals surface area contributed by atoms with Crippen LogP contribution in [0.1, 0.15) is 58.8 Å². The molecule has 0 rings (SSSR count). The number of ketones is 1. The second-order valence-corrected chi connectivity index (χ2v) is 4.30. The highest BCUT2D eigenvalue weighted by Crippen LogP contribution is 2.15. The van der Waals surface area contributed by atoms with Gasteiger partial charge in [-0.25, -0.2) is 0 Å². The van der Waals surface area contributed by atoms with E-state index in [1.807, 2.05) is 6.92 Å². The van der Waals surface area contributed by atoms with Crippen LogP contribution in [0.25, 0.3) is 0 Å². The Hall–Kier alpha value is -0.860. The lowest BCUT2D eigenvalue weighted by Crippen LogP contribution is -2.29. The lowest BCUT2D eigenvalue weighted by atomic mass is 9.93. The highest BCUT2D eigenvalue weighted by Gasteiger charge is 2.19. The van der Waals surface area contributed by atoms with E-state index in [0.29, 0.717) is 12.8 Å². The van der Waals surface area contributed by atoms with E-state index >= 15 is 0 Å².